The van der Waals surface area contributed by atoms with Crippen LogP contribution in [0.25, 0.3) is 0 Å². The fourth-order valence-electron chi connectivity index (χ4n) is 2.99. The minimum absolute atomic E-state index is 0.254. The van der Waals surface area contributed by atoms with E-state index in [0.29, 0.717) is 6.61 Å². The van der Waals surface area contributed by atoms with Crippen LogP contribution < -0.4 is 0 Å². The summed E-state index contributed by atoms with van der Waals surface area (Å²) in [5.74, 6) is -1.53. The minimum atomic E-state index is -5.00. The van der Waals surface area contributed by atoms with E-state index in [2.05, 4.69) is 4.74 Å². The predicted octanol–water partition coefficient (Wildman–Crippen LogP) is 3.62. The third-order valence-electron chi connectivity index (χ3n) is 4.63. The first-order valence-electron chi connectivity index (χ1n) is 9.00. The van der Waals surface area contributed by atoms with Crippen molar-refractivity contribution in [2.75, 3.05) is 20.3 Å². The van der Waals surface area contributed by atoms with E-state index in [-0.39, 0.29) is 24.9 Å². The van der Waals surface area contributed by atoms with E-state index in [9.17, 15) is 18.0 Å². The average Bonchev–Trinajstić information content (AvgIpc) is 3.46. The Kier molecular flexibility index (Phi) is 6.56. The molecule has 1 heterocycles. The summed E-state index contributed by atoms with van der Waals surface area (Å²) in [6.07, 6.45) is -5.83. The summed E-state index contributed by atoms with van der Waals surface area (Å²) in [6.45, 7) is 0.332. The van der Waals surface area contributed by atoms with E-state index in [1.807, 2.05) is 30.3 Å². The van der Waals surface area contributed by atoms with Gasteiger partial charge in [-0.3, -0.25) is 0 Å². The number of methoxy groups -OCH3 is 1. The molecule has 29 heavy (non-hydrogen) atoms. The number of esters is 1. The van der Waals surface area contributed by atoms with Crippen LogP contribution in [0.5, 0.6) is 0 Å². The highest BCUT2D eigenvalue weighted by Crippen LogP contribution is 2.43. The Morgan fingerprint density at radius 2 is 1.55 bits per heavy atom. The maximum atomic E-state index is 13.8. The van der Waals surface area contributed by atoms with Gasteiger partial charge < -0.3 is 18.9 Å². The fourth-order valence-corrected chi connectivity index (χ4v) is 2.99. The molecular weight excluding hydrogens is 391 g/mol. The third-order valence-corrected chi connectivity index (χ3v) is 4.63. The number of hydrogen-bond donors (Lipinski definition) is 0. The molecule has 0 aliphatic carbocycles. The van der Waals surface area contributed by atoms with Crippen molar-refractivity contribution >= 4 is 5.97 Å². The standard InChI is InChI=1S/C21H21F3O5/c1-26-20(21(22,23)24,16-10-6-3-7-11-16)19(25)28-14-18-17(29-18)13-27-12-15-8-4-2-5-9-15/h2-11,17-18H,12-14H2,1H3/t17-,18+,20?/m1/s1/i17+1,18+1. The average molecular weight is 412 g/mol. The van der Waals surface area contributed by atoms with Gasteiger partial charge in [0.15, 0.2) is 0 Å². The molecule has 1 unspecified atom stereocenters. The quantitative estimate of drug-likeness (QED) is 0.358. The van der Waals surface area contributed by atoms with Crippen LogP contribution in [0.1, 0.15) is 11.1 Å². The Bertz CT molecular complexity index is 797. The van der Waals surface area contributed by atoms with Gasteiger partial charge in [0, 0.05) is 12.7 Å². The van der Waals surface area contributed by atoms with E-state index < -0.39 is 23.9 Å². The molecule has 8 heteroatoms. The largest absolute Gasteiger partial charge is 0.460 e. The highest BCUT2D eigenvalue weighted by atomic mass is 19.4. The first kappa shape index (κ1) is 21.3. The highest BCUT2D eigenvalue weighted by molar-refractivity contribution is 5.82. The van der Waals surface area contributed by atoms with Crippen molar-refractivity contribution < 1.29 is 36.9 Å². The summed E-state index contributed by atoms with van der Waals surface area (Å²) in [6, 6.07) is 16.2. The Labute approximate surface area is 166 Å². The van der Waals surface area contributed by atoms with Crippen molar-refractivity contribution in [2.45, 2.75) is 30.6 Å². The molecule has 156 valence electrons. The lowest BCUT2D eigenvalue weighted by atomic mass is 9.93. The number of rotatable bonds is 9. The van der Waals surface area contributed by atoms with E-state index in [1.165, 1.54) is 24.3 Å². The van der Waals surface area contributed by atoms with Crippen molar-refractivity contribution in [3.05, 3.63) is 71.8 Å². The van der Waals surface area contributed by atoms with Gasteiger partial charge in [-0.2, -0.15) is 13.2 Å². The second kappa shape index (κ2) is 8.94. The molecule has 3 rings (SSSR count). The molecule has 0 radical (unpaired) electrons. The van der Waals surface area contributed by atoms with Gasteiger partial charge in [-0.05, 0) is 5.56 Å². The molecule has 0 saturated carbocycles. The lowest BCUT2D eigenvalue weighted by molar-refractivity contribution is -0.276. The van der Waals surface area contributed by atoms with Gasteiger partial charge in [0.1, 0.15) is 18.8 Å². The smallest absolute Gasteiger partial charge is 0.432 e. The monoisotopic (exact) mass is 412 g/mol. The third kappa shape index (κ3) is 4.77. The number of alkyl halides is 3. The molecular formula is C21H21F3O5. The molecule has 0 amide bonds. The molecule has 1 fully saturated rings. The van der Waals surface area contributed by atoms with Gasteiger partial charge in [-0.1, -0.05) is 60.7 Å². The Hall–Kier alpha value is -2.42. The van der Waals surface area contributed by atoms with Crippen LogP contribution in [-0.2, 0) is 35.9 Å². The van der Waals surface area contributed by atoms with Gasteiger partial charge in [0.25, 0.3) is 5.60 Å². The Morgan fingerprint density at radius 3 is 2.14 bits per heavy atom. The SMILES string of the molecule is COC(C(=O)OC[13C@@H]1O[13C@@H]1COCc1ccccc1)(c1ccccc1)C(F)(F)F. The van der Waals surface area contributed by atoms with Gasteiger partial charge >= 0.3 is 12.1 Å². The highest BCUT2D eigenvalue weighted by Gasteiger charge is 2.64. The second-order valence-corrected chi connectivity index (χ2v) is 6.56. The zero-order valence-electron chi connectivity index (χ0n) is 15.7. The lowest BCUT2D eigenvalue weighted by Crippen LogP contribution is -2.52. The second-order valence-electron chi connectivity index (χ2n) is 6.56. The van der Waals surface area contributed by atoms with Crippen LogP contribution in [0.4, 0.5) is 13.2 Å². The molecule has 2 aromatic carbocycles. The molecule has 0 N–H and O–H groups in total. The summed E-state index contributed by atoms with van der Waals surface area (Å²) >= 11 is 0. The molecule has 0 bridgehead atoms. The normalized spacial score (nSPS) is 20.7. The summed E-state index contributed by atoms with van der Waals surface area (Å²) in [5.41, 5.74) is -2.55. The van der Waals surface area contributed by atoms with Gasteiger partial charge in [0.05, 0.1) is 13.2 Å². The zero-order valence-corrected chi connectivity index (χ0v) is 15.7. The van der Waals surface area contributed by atoms with E-state index in [1.54, 1.807) is 6.07 Å². The summed E-state index contributed by atoms with van der Waals surface area (Å²) in [7, 11) is 0.829. The topological polar surface area (TPSA) is 57.3 Å². The Morgan fingerprint density at radius 1 is 0.966 bits per heavy atom. The van der Waals surface area contributed by atoms with Crippen LogP contribution in [0.15, 0.2) is 60.7 Å². The summed E-state index contributed by atoms with van der Waals surface area (Å²) in [4.78, 5) is 12.4. The van der Waals surface area contributed by atoms with Gasteiger partial charge in [0.2, 0.25) is 0 Å². The van der Waals surface area contributed by atoms with E-state index in [0.717, 1.165) is 12.7 Å². The lowest BCUT2D eigenvalue weighted by Gasteiger charge is -2.32. The fraction of sp³-hybridized carbons (Fsp3) is 0.381. The van der Waals surface area contributed by atoms with Gasteiger partial charge in [-0.25, -0.2) is 4.79 Å². The minimum Gasteiger partial charge on any atom is -0.460 e. The zero-order chi connectivity index (χ0) is 20.9. The van der Waals surface area contributed by atoms with Crippen LogP contribution in [0.2, 0.25) is 0 Å². The molecule has 1 saturated heterocycles. The van der Waals surface area contributed by atoms with Gasteiger partial charge in [-0.15, -0.1) is 0 Å². The first-order valence-corrected chi connectivity index (χ1v) is 9.00. The number of hydrogen-bond acceptors (Lipinski definition) is 5. The molecule has 1 aliphatic rings. The molecule has 3 atom stereocenters. The van der Waals surface area contributed by atoms with Crippen LogP contribution in [0.3, 0.4) is 0 Å². The summed E-state index contributed by atoms with van der Waals surface area (Å²) < 4.78 is 61.8. The number of benzene rings is 2. The number of epoxide rings is 1. The number of carbonyl (C=O) groups excluding carboxylic acids is 1. The maximum absolute atomic E-state index is 13.8. The number of halogens is 3. The molecule has 2 aromatic rings. The van der Waals surface area contributed by atoms with Crippen LogP contribution in [-0.4, -0.2) is 44.7 Å². The molecule has 5 nitrogen and oxygen atoms in total. The first-order chi connectivity index (χ1) is 13.9. The summed E-state index contributed by atoms with van der Waals surface area (Å²) in [5, 5.41) is 0. The van der Waals surface area contributed by atoms with Crippen molar-refractivity contribution in [3.8, 4) is 0 Å². The van der Waals surface area contributed by atoms with Crippen molar-refractivity contribution in [1.29, 1.82) is 0 Å². The predicted molar refractivity (Wildman–Crippen MR) is 96.9 cm³/mol. The van der Waals surface area contributed by atoms with Crippen molar-refractivity contribution in [1.82, 2.24) is 0 Å². The Balaban J connectivity index is 1.54. The maximum Gasteiger partial charge on any atom is 0.432 e. The van der Waals surface area contributed by atoms with E-state index >= 15 is 0 Å². The van der Waals surface area contributed by atoms with Crippen molar-refractivity contribution in [3.63, 3.8) is 0 Å². The molecule has 0 spiro atoms. The van der Waals surface area contributed by atoms with Crippen LogP contribution >= 0.6 is 0 Å². The number of carbonyl (C=O) groups is 1. The number of ether oxygens (including phenoxy) is 4. The van der Waals surface area contributed by atoms with E-state index in [4.69, 9.17) is 14.2 Å². The van der Waals surface area contributed by atoms with Crippen molar-refractivity contribution in [2.24, 2.45) is 0 Å². The molecule has 0 aromatic heterocycles. The molecule has 1 aliphatic heterocycles. The van der Waals surface area contributed by atoms with Crippen LogP contribution in [0, 0.1) is 0 Å².